The second kappa shape index (κ2) is 13.0. The molecule has 2 atom stereocenters. The third kappa shape index (κ3) is 7.64. The molecule has 0 radical (unpaired) electrons. The van der Waals surface area contributed by atoms with E-state index in [9.17, 15) is 9.59 Å². The molecule has 7 nitrogen and oxygen atoms in total. The van der Waals surface area contributed by atoms with E-state index in [0.29, 0.717) is 55.9 Å². The van der Waals surface area contributed by atoms with E-state index < -0.39 is 0 Å². The number of carbonyl (C=O) groups excluding carboxylic acids is 1. The molecule has 190 valence electrons. The molecule has 0 saturated carbocycles. The molecule has 1 heterocycles. The maximum atomic E-state index is 13.6. The lowest BCUT2D eigenvalue weighted by molar-refractivity contribution is -0.135. The summed E-state index contributed by atoms with van der Waals surface area (Å²) in [4.78, 5) is 33.9. The molecule has 0 N–H and O–H groups in total. The summed E-state index contributed by atoms with van der Waals surface area (Å²) in [5.74, 6) is 0.980. The van der Waals surface area contributed by atoms with Crippen molar-refractivity contribution in [3.63, 3.8) is 0 Å². The lowest BCUT2D eigenvalue weighted by Gasteiger charge is -2.34. The highest BCUT2D eigenvalue weighted by Crippen LogP contribution is 2.29. The van der Waals surface area contributed by atoms with E-state index in [1.54, 1.807) is 24.9 Å². The number of ether oxygens (including phenoxy) is 2. The number of hydrogen-bond donors (Lipinski definition) is 0. The van der Waals surface area contributed by atoms with Crippen LogP contribution < -0.4 is 5.56 Å². The zero-order chi connectivity index (χ0) is 25.3. The first kappa shape index (κ1) is 28.0. The summed E-state index contributed by atoms with van der Waals surface area (Å²) >= 11 is 0. The highest BCUT2D eigenvalue weighted by molar-refractivity contribution is 5.78. The third-order valence-electron chi connectivity index (χ3n) is 6.02. The summed E-state index contributed by atoms with van der Waals surface area (Å²) in [6, 6.07) is 7.08. The van der Waals surface area contributed by atoms with Crippen LogP contribution in [0.25, 0.3) is 10.9 Å². The number of aromatic nitrogens is 2. The first-order valence-electron chi connectivity index (χ1n) is 12.4. The Morgan fingerprint density at radius 3 is 2.44 bits per heavy atom. The van der Waals surface area contributed by atoms with E-state index in [0.717, 1.165) is 12.8 Å². The lowest BCUT2D eigenvalue weighted by atomic mass is 9.84. The van der Waals surface area contributed by atoms with Gasteiger partial charge in [-0.2, -0.15) is 0 Å². The third-order valence-corrected chi connectivity index (χ3v) is 6.02. The van der Waals surface area contributed by atoms with Gasteiger partial charge in [-0.1, -0.05) is 46.8 Å². The predicted octanol–water partition coefficient (Wildman–Crippen LogP) is 4.82. The Bertz CT molecular complexity index is 980. The molecule has 0 aliphatic carbocycles. The molecule has 0 aliphatic heterocycles. The van der Waals surface area contributed by atoms with E-state index >= 15 is 0 Å². The number of hydrogen-bond acceptors (Lipinski definition) is 5. The van der Waals surface area contributed by atoms with Gasteiger partial charge >= 0.3 is 0 Å². The van der Waals surface area contributed by atoms with Gasteiger partial charge in [-0.05, 0) is 42.7 Å². The van der Waals surface area contributed by atoms with Gasteiger partial charge in [-0.25, -0.2) is 4.98 Å². The summed E-state index contributed by atoms with van der Waals surface area (Å²) in [7, 11) is 3.29. The van der Waals surface area contributed by atoms with Gasteiger partial charge in [0.1, 0.15) is 5.82 Å². The number of carbonyl (C=O) groups is 1. The summed E-state index contributed by atoms with van der Waals surface area (Å²) in [6.07, 6.45) is 2.82. The largest absolute Gasteiger partial charge is 0.385 e. The molecule has 2 rings (SSSR count). The van der Waals surface area contributed by atoms with Crippen molar-refractivity contribution >= 4 is 16.8 Å². The fourth-order valence-corrected chi connectivity index (χ4v) is 4.75. The zero-order valence-electron chi connectivity index (χ0n) is 22.1. The van der Waals surface area contributed by atoms with Crippen molar-refractivity contribution in [2.45, 2.75) is 72.9 Å². The van der Waals surface area contributed by atoms with Gasteiger partial charge in [-0.15, -0.1) is 0 Å². The summed E-state index contributed by atoms with van der Waals surface area (Å²) in [6.45, 7) is 12.7. The van der Waals surface area contributed by atoms with Crippen LogP contribution >= 0.6 is 0 Å². The van der Waals surface area contributed by atoms with Gasteiger partial charge in [-0.3, -0.25) is 14.2 Å². The van der Waals surface area contributed by atoms with Gasteiger partial charge in [0.15, 0.2) is 0 Å². The number of methoxy groups -OCH3 is 2. The van der Waals surface area contributed by atoms with Crippen LogP contribution in [0.1, 0.15) is 72.2 Å². The molecule has 2 aromatic rings. The molecule has 1 aromatic carbocycles. The first-order chi connectivity index (χ1) is 16.1. The standard InChI is InChI=1S/C27H43N3O4/c1-8-23(29(14-11-16-33-6)24(31)18-20(2)19-27(3,4)5)25-28-22-13-10-9-12-21(22)26(32)30(25)15-17-34-7/h9-10,12-13,20,23H,8,11,14-19H2,1-7H3. The number of benzene rings is 1. The van der Waals surface area contributed by atoms with Crippen LogP contribution in [0.5, 0.6) is 0 Å². The van der Waals surface area contributed by atoms with Crippen molar-refractivity contribution in [3.05, 3.63) is 40.4 Å². The van der Waals surface area contributed by atoms with Crippen LogP contribution in [0, 0.1) is 11.3 Å². The fourth-order valence-electron chi connectivity index (χ4n) is 4.75. The van der Waals surface area contributed by atoms with Crippen LogP contribution in [-0.4, -0.2) is 54.3 Å². The second-order valence-corrected chi connectivity index (χ2v) is 10.4. The van der Waals surface area contributed by atoms with Crippen LogP contribution in [0.4, 0.5) is 0 Å². The topological polar surface area (TPSA) is 73.7 Å². The van der Waals surface area contributed by atoms with Crippen LogP contribution in [-0.2, 0) is 20.8 Å². The quantitative estimate of drug-likeness (QED) is 0.390. The highest BCUT2D eigenvalue weighted by Gasteiger charge is 2.29. The molecule has 0 aliphatic rings. The van der Waals surface area contributed by atoms with Crippen LogP contribution in [0.2, 0.25) is 0 Å². The molecule has 0 spiro atoms. The maximum absolute atomic E-state index is 13.6. The Morgan fingerprint density at radius 1 is 1.15 bits per heavy atom. The van der Waals surface area contributed by atoms with E-state index in [2.05, 4.69) is 27.7 Å². The Labute approximate surface area is 204 Å². The van der Waals surface area contributed by atoms with Crippen molar-refractivity contribution in [2.24, 2.45) is 11.3 Å². The van der Waals surface area contributed by atoms with Crippen molar-refractivity contribution in [1.82, 2.24) is 14.5 Å². The fraction of sp³-hybridized carbons (Fsp3) is 0.667. The molecule has 1 amide bonds. The molecule has 0 bridgehead atoms. The first-order valence-corrected chi connectivity index (χ1v) is 12.4. The minimum absolute atomic E-state index is 0.0958. The average molecular weight is 474 g/mol. The summed E-state index contributed by atoms with van der Waals surface area (Å²) < 4.78 is 12.2. The Kier molecular flexibility index (Phi) is 10.7. The lowest BCUT2D eigenvalue weighted by Crippen LogP contribution is -2.40. The number of fused-ring (bicyclic) bond motifs is 1. The van der Waals surface area contributed by atoms with Crippen molar-refractivity contribution in [1.29, 1.82) is 0 Å². The van der Waals surface area contributed by atoms with Gasteiger partial charge in [0.05, 0.1) is 30.1 Å². The number of amides is 1. The molecular formula is C27H43N3O4. The molecule has 34 heavy (non-hydrogen) atoms. The van der Waals surface area contributed by atoms with E-state index in [1.807, 2.05) is 30.0 Å². The van der Waals surface area contributed by atoms with Gasteiger partial charge in [0.2, 0.25) is 5.91 Å². The average Bonchev–Trinajstić information content (AvgIpc) is 2.77. The SMILES string of the molecule is CCC(c1nc2ccccc2c(=O)n1CCOC)N(CCCOC)C(=O)CC(C)CC(C)(C)C. The molecule has 7 heteroatoms. The van der Waals surface area contributed by atoms with Crippen molar-refractivity contribution in [3.8, 4) is 0 Å². The van der Waals surface area contributed by atoms with Crippen molar-refractivity contribution < 1.29 is 14.3 Å². The monoisotopic (exact) mass is 473 g/mol. The molecule has 1 aromatic heterocycles. The Morgan fingerprint density at radius 2 is 1.82 bits per heavy atom. The Balaban J connectivity index is 2.51. The maximum Gasteiger partial charge on any atom is 0.261 e. The van der Waals surface area contributed by atoms with Gasteiger partial charge in [0, 0.05) is 33.8 Å². The molecule has 0 saturated heterocycles. The highest BCUT2D eigenvalue weighted by atomic mass is 16.5. The van der Waals surface area contributed by atoms with Crippen LogP contribution in [0.3, 0.4) is 0 Å². The van der Waals surface area contributed by atoms with E-state index in [-0.39, 0.29) is 28.8 Å². The summed E-state index contributed by atoms with van der Waals surface area (Å²) in [5, 5.41) is 0.577. The summed E-state index contributed by atoms with van der Waals surface area (Å²) in [5.41, 5.74) is 0.715. The molecule has 2 unspecified atom stereocenters. The Hall–Kier alpha value is -2.25. The van der Waals surface area contributed by atoms with Gasteiger partial charge in [0.25, 0.3) is 5.56 Å². The minimum atomic E-state index is -0.305. The number of nitrogens with zero attached hydrogens (tertiary/aromatic N) is 3. The smallest absolute Gasteiger partial charge is 0.261 e. The second-order valence-electron chi connectivity index (χ2n) is 10.4. The number of para-hydroxylation sites is 1. The minimum Gasteiger partial charge on any atom is -0.385 e. The van der Waals surface area contributed by atoms with Gasteiger partial charge < -0.3 is 14.4 Å². The molecular weight excluding hydrogens is 430 g/mol. The zero-order valence-corrected chi connectivity index (χ0v) is 22.1. The normalized spacial score (nSPS) is 13.7. The van der Waals surface area contributed by atoms with E-state index in [4.69, 9.17) is 14.5 Å². The predicted molar refractivity (Wildman–Crippen MR) is 137 cm³/mol. The van der Waals surface area contributed by atoms with Crippen molar-refractivity contribution in [2.75, 3.05) is 34.0 Å². The number of rotatable bonds is 13. The molecule has 0 fully saturated rings. The van der Waals surface area contributed by atoms with E-state index in [1.165, 1.54) is 0 Å². The van der Waals surface area contributed by atoms with Crippen LogP contribution in [0.15, 0.2) is 29.1 Å².